The van der Waals surface area contributed by atoms with Crippen LogP contribution in [-0.4, -0.2) is 17.8 Å². The highest BCUT2D eigenvalue weighted by atomic mass is 35.5. The highest BCUT2D eigenvalue weighted by Gasteiger charge is 2.39. The average molecular weight is 462 g/mol. The number of nitrogen functional groups attached to an aromatic ring is 1. The fourth-order valence-corrected chi connectivity index (χ4v) is 3.61. The average Bonchev–Trinajstić information content (AvgIpc) is 3.00. The van der Waals surface area contributed by atoms with Gasteiger partial charge in [0, 0.05) is 5.69 Å². The summed E-state index contributed by atoms with van der Waals surface area (Å²) in [6.07, 6.45) is 0. The van der Waals surface area contributed by atoms with Crippen LogP contribution in [0.15, 0.2) is 77.5 Å². The summed E-state index contributed by atoms with van der Waals surface area (Å²) >= 11 is 6.19. The first kappa shape index (κ1) is 22.1. The van der Waals surface area contributed by atoms with Crippen molar-refractivity contribution in [1.29, 1.82) is 0 Å². The first-order valence-corrected chi connectivity index (χ1v) is 10.4. The van der Waals surface area contributed by atoms with Crippen LogP contribution in [0.3, 0.4) is 0 Å². The second-order valence-electron chi connectivity index (χ2n) is 7.55. The van der Waals surface area contributed by atoms with E-state index in [4.69, 9.17) is 22.1 Å². The Bertz CT molecular complexity index is 1320. The molecule has 7 nitrogen and oxygen atoms in total. The summed E-state index contributed by atoms with van der Waals surface area (Å²) in [6.45, 7) is 3.69. The van der Waals surface area contributed by atoms with Crippen molar-refractivity contribution in [3.63, 3.8) is 0 Å². The predicted octanol–water partition coefficient (Wildman–Crippen LogP) is 4.54. The van der Waals surface area contributed by atoms with Crippen LogP contribution < -0.4 is 20.7 Å². The van der Waals surface area contributed by atoms with Gasteiger partial charge in [-0.3, -0.25) is 9.59 Å². The number of anilines is 3. The lowest BCUT2D eigenvalue weighted by atomic mass is 10.2. The molecule has 33 heavy (non-hydrogen) atoms. The first-order chi connectivity index (χ1) is 15.8. The van der Waals surface area contributed by atoms with Gasteiger partial charge in [0.05, 0.1) is 16.9 Å². The van der Waals surface area contributed by atoms with Crippen LogP contribution in [0.25, 0.3) is 0 Å². The van der Waals surface area contributed by atoms with Gasteiger partial charge in [0.1, 0.15) is 10.7 Å². The maximum Gasteiger partial charge on any atom is 0.343 e. The number of benzene rings is 3. The third kappa shape index (κ3) is 4.31. The zero-order valence-corrected chi connectivity index (χ0v) is 18.6. The van der Waals surface area contributed by atoms with E-state index in [1.54, 1.807) is 55.5 Å². The van der Waals surface area contributed by atoms with Crippen molar-refractivity contribution < 1.29 is 19.1 Å². The molecule has 1 aliphatic heterocycles. The standard InChI is InChI=1S/C25H20ClN3O4/c1-14-7-12-20(18(27)13-14)33-25(32)16-8-10-17(11-9-16)28-22-21(26)23(30)29(24(22)31)19-6-4-3-5-15(19)2/h3-13,28H,27H2,1-2H3. The predicted molar refractivity (Wildman–Crippen MR) is 127 cm³/mol. The fourth-order valence-electron chi connectivity index (χ4n) is 3.40. The number of rotatable bonds is 5. The van der Waals surface area contributed by atoms with E-state index in [0.29, 0.717) is 17.1 Å². The van der Waals surface area contributed by atoms with E-state index in [1.807, 2.05) is 13.0 Å². The molecule has 0 atom stereocenters. The molecule has 3 aromatic rings. The molecule has 3 N–H and O–H groups in total. The lowest BCUT2D eigenvalue weighted by molar-refractivity contribution is -0.120. The quantitative estimate of drug-likeness (QED) is 0.250. The number of esters is 1. The van der Waals surface area contributed by atoms with E-state index in [0.717, 1.165) is 16.0 Å². The van der Waals surface area contributed by atoms with Gasteiger partial charge < -0.3 is 15.8 Å². The molecule has 0 aliphatic carbocycles. The molecule has 0 spiro atoms. The molecule has 0 fully saturated rings. The first-order valence-electron chi connectivity index (χ1n) is 10.1. The van der Waals surface area contributed by atoms with Crippen molar-refractivity contribution in [2.24, 2.45) is 0 Å². The summed E-state index contributed by atoms with van der Waals surface area (Å²) in [6, 6.07) is 18.4. The van der Waals surface area contributed by atoms with Crippen molar-refractivity contribution in [1.82, 2.24) is 0 Å². The maximum atomic E-state index is 12.9. The molecule has 0 aromatic heterocycles. The van der Waals surface area contributed by atoms with Crippen molar-refractivity contribution in [2.75, 3.05) is 16.0 Å². The molecule has 0 unspecified atom stereocenters. The minimum atomic E-state index is -0.602. The number of para-hydroxylation sites is 1. The Kier molecular flexibility index (Phi) is 5.89. The molecule has 1 aliphatic rings. The Labute approximate surface area is 195 Å². The summed E-state index contributed by atoms with van der Waals surface area (Å²) in [5.41, 5.74) is 9.18. The summed E-state index contributed by atoms with van der Waals surface area (Å²) < 4.78 is 5.36. The van der Waals surface area contributed by atoms with Gasteiger partial charge in [-0.1, -0.05) is 35.9 Å². The van der Waals surface area contributed by atoms with Gasteiger partial charge in [-0.25, -0.2) is 9.69 Å². The van der Waals surface area contributed by atoms with E-state index in [-0.39, 0.29) is 22.0 Å². The Morgan fingerprint density at radius 3 is 2.33 bits per heavy atom. The molecule has 8 heteroatoms. The molecular weight excluding hydrogens is 442 g/mol. The molecular formula is C25H20ClN3O4. The summed E-state index contributed by atoms with van der Waals surface area (Å²) in [5, 5.41) is 2.68. The summed E-state index contributed by atoms with van der Waals surface area (Å²) in [4.78, 5) is 39.1. The zero-order chi connectivity index (χ0) is 23.7. The minimum Gasteiger partial charge on any atom is -0.421 e. The molecule has 0 saturated carbocycles. The molecule has 0 radical (unpaired) electrons. The lowest BCUT2D eigenvalue weighted by Crippen LogP contribution is -2.32. The van der Waals surface area contributed by atoms with Gasteiger partial charge in [0.15, 0.2) is 5.75 Å². The SMILES string of the molecule is Cc1ccc(OC(=O)c2ccc(NC3=C(Cl)C(=O)N(c4ccccc4C)C3=O)cc2)c(N)c1. The van der Waals surface area contributed by atoms with Gasteiger partial charge in [0.2, 0.25) is 0 Å². The summed E-state index contributed by atoms with van der Waals surface area (Å²) in [7, 11) is 0. The highest BCUT2D eigenvalue weighted by molar-refractivity contribution is 6.53. The third-order valence-electron chi connectivity index (χ3n) is 5.14. The molecule has 3 aromatic carbocycles. The van der Waals surface area contributed by atoms with Crippen molar-refractivity contribution in [3.05, 3.63) is 94.1 Å². The van der Waals surface area contributed by atoms with E-state index in [1.165, 1.54) is 12.1 Å². The van der Waals surface area contributed by atoms with Crippen LogP contribution in [0.4, 0.5) is 17.1 Å². The number of nitrogens with two attached hydrogens (primary N) is 1. The number of ether oxygens (including phenoxy) is 1. The molecule has 0 saturated heterocycles. The Morgan fingerprint density at radius 2 is 1.67 bits per heavy atom. The monoisotopic (exact) mass is 461 g/mol. The van der Waals surface area contributed by atoms with Gasteiger partial charge >= 0.3 is 5.97 Å². The number of nitrogens with one attached hydrogen (secondary N) is 1. The Morgan fingerprint density at radius 1 is 0.970 bits per heavy atom. The summed E-state index contributed by atoms with van der Waals surface area (Å²) in [5.74, 6) is -1.46. The zero-order valence-electron chi connectivity index (χ0n) is 17.9. The van der Waals surface area contributed by atoms with Crippen LogP contribution >= 0.6 is 11.6 Å². The Balaban J connectivity index is 1.49. The van der Waals surface area contributed by atoms with Crippen molar-refractivity contribution in [2.45, 2.75) is 13.8 Å². The number of aryl methyl sites for hydroxylation is 2. The maximum absolute atomic E-state index is 12.9. The molecule has 4 rings (SSSR count). The number of hydrogen-bond donors (Lipinski definition) is 2. The van der Waals surface area contributed by atoms with Gasteiger partial charge in [-0.2, -0.15) is 0 Å². The second kappa shape index (κ2) is 8.80. The third-order valence-corrected chi connectivity index (χ3v) is 5.49. The fraction of sp³-hybridized carbons (Fsp3) is 0.0800. The molecule has 0 bridgehead atoms. The number of amides is 2. The number of hydrogen-bond acceptors (Lipinski definition) is 6. The van der Waals surface area contributed by atoms with Crippen molar-refractivity contribution >= 4 is 46.4 Å². The number of imide groups is 1. The minimum absolute atomic E-state index is 0.0346. The van der Waals surface area contributed by atoms with Gasteiger partial charge in [-0.15, -0.1) is 0 Å². The smallest absolute Gasteiger partial charge is 0.343 e. The van der Waals surface area contributed by atoms with Crippen LogP contribution in [0.1, 0.15) is 21.5 Å². The van der Waals surface area contributed by atoms with Gasteiger partial charge in [-0.05, 0) is 67.4 Å². The Hall–Kier alpha value is -4.10. The number of nitrogens with zero attached hydrogens (tertiary/aromatic N) is 1. The number of carbonyl (C=O) groups is 3. The molecule has 1 heterocycles. The van der Waals surface area contributed by atoms with Gasteiger partial charge in [0.25, 0.3) is 11.8 Å². The van der Waals surface area contributed by atoms with E-state index < -0.39 is 17.8 Å². The highest BCUT2D eigenvalue weighted by Crippen LogP contribution is 2.32. The molecule has 166 valence electrons. The van der Waals surface area contributed by atoms with Crippen LogP contribution in [-0.2, 0) is 9.59 Å². The normalized spacial score (nSPS) is 13.5. The topological polar surface area (TPSA) is 102 Å². The number of carbonyl (C=O) groups excluding carboxylic acids is 3. The van der Waals surface area contributed by atoms with Crippen molar-refractivity contribution in [3.8, 4) is 5.75 Å². The second-order valence-corrected chi connectivity index (χ2v) is 7.93. The lowest BCUT2D eigenvalue weighted by Gasteiger charge is -2.17. The number of halogens is 1. The van der Waals surface area contributed by atoms with E-state index in [9.17, 15) is 14.4 Å². The van der Waals surface area contributed by atoms with Crippen LogP contribution in [0.2, 0.25) is 0 Å². The van der Waals surface area contributed by atoms with E-state index >= 15 is 0 Å². The van der Waals surface area contributed by atoms with Crippen LogP contribution in [0, 0.1) is 13.8 Å². The van der Waals surface area contributed by atoms with Crippen LogP contribution in [0.5, 0.6) is 5.75 Å². The molecule has 2 amide bonds. The van der Waals surface area contributed by atoms with E-state index in [2.05, 4.69) is 5.32 Å². The largest absolute Gasteiger partial charge is 0.421 e.